The van der Waals surface area contributed by atoms with Gasteiger partial charge in [-0.3, -0.25) is 9.78 Å². The smallest absolute Gasteiger partial charge is 0.308 e. The molecule has 2 atom stereocenters. The van der Waals surface area contributed by atoms with Gasteiger partial charge in [0.15, 0.2) is 0 Å². The van der Waals surface area contributed by atoms with Gasteiger partial charge in [-0.1, -0.05) is 0 Å². The van der Waals surface area contributed by atoms with Crippen LogP contribution in [0.4, 0.5) is 10.2 Å². The molecule has 5 rings (SSSR count). The number of carbonyl (C=O) groups is 1. The molecule has 9 nitrogen and oxygen atoms in total. The third-order valence-corrected chi connectivity index (χ3v) is 6.91. The van der Waals surface area contributed by atoms with Gasteiger partial charge in [-0.2, -0.15) is 5.10 Å². The quantitative estimate of drug-likeness (QED) is 0.366. The topological polar surface area (TPSA) is 102 Å². The van der Waals surface area contributed by atoms with Crippen LogP contribution in [0.25, 0.3) is 27.9 Å². The average molecular weight is 537 g/mol. The molecule has 1 saturated heterocycles. The van der Waals surface area contributed by atoms with Gasteiger partial charge in [0, 0.05) is 54.6 Å². The Hall–Kier alpha value is -3.50. The number of pyridine rings is 1. The van der Waals surface area contributed by atoms with Gasteiger partial charge in [0.1, 0.15) is 23.1 Å². The van der Waals surface area contributed by atoms with E-state index in [0.29, 0.717) is 12.6 Å². The Labute approximate surface area is 228 Å². The first-order valence-corrected chi connectivity index (χ1v) is 13.6. The molecule has 0 saturated carbocycles. The lowest BCUT2D eigenvalue weighted by molar-refractivity contribution is -0.154. The van der Waals surface area contributed by atoms with Crippen molar-refractivity contribution in [2.45, 2.75) is 70.7 Å². The lowest BCUT2D eigenvalue weighted by Crippen LogP contribution is -2.49. The minimum atomic E-state index is -0.525. The fraction of sp³-hybridized carbons (Fsp3) is 0.483. The molecule has 4 heterocycles. The molecular weight excluding hydrogens is 499 g/mol. The summed E-state index contributed by atoms with van der Waals surface area (Å²) >= 11 is 0. The molecule has 10 heteroatoms. The van der Waals surface area contributed by atoms with Crippen molar-refractivity contribution < 1.29 is 18.7 Å². The normalized spacial score (nSPS) is 18.7. The number of fused-ring (bicyclic) bond motifs is 2. The summed E-state index contributed by atoms with van der Waals surface area (Å²) < 4.78 is 26.7. The highest BCUT2D eigenvalue weighted by atomic mass is 19.1. The molecule has 39 heavy (non-hydrogen) atoms. The van der Waals surface area contributed by atoms with Gasteiger partial charge >= 0.3 is 5.97 Å². The number of aromatic nitrogens is 3. The summed E-state index contributed by atoms with van der Waals surface area (Å²) in [4.78, 5) is 16.8. The van der Waals surface area contributed by atoms with Crippen molar-refractivity contribution in [3.8, 4) is 11.1 Å². The molecule has 0 aliphatic carbocycles. The van der Waals surface area contributed by atoms with Crippen LogP contribution in [-0.2, 0) is 14.3 Å². The van der Waals surface area contributed by atoms with Crippen molar-refractivity contribution in [1.29, 1.82) is 0 Å². The summed E-state index contributed by atoms with van der Waals surface area (Å²) in [6.45, 7) is 9.68. The summed E-state index contributed by atoms with van der Waals surface area (Å²) in [5.74, 6) is 1.03. The number of rotatable bonds is 8. The summed E-state index contributed by atoms with van der Waals surface area (Å²) in [5.41, 5.74) is 1.89. The Kier molecular flexibility index (Phi) is 7.86. The van der Waals surface area contributed by atoms with Crippen molar-refractivity contribution in [2.24, 2.45) is 0 Å². The number of hydrogen-bond donors (Lipinski definition) is 3. The van der Waals surface area contributed by atoms with Crippen LogP contribution in [0.1, 0.15) is 47.0 Å². The molecule has 1 aromatic carbocycles. The number of anilines is 1. The minimum Gasteiger partial charge on any atom is -0.460 e. The fourth-order valence-corrected chi connectivity index (χ4v) is 5.00. The Balaban J connectivity index is 1.40. The average Bonchev–Trinajstić information content (AvgIpc) is 3.32. The second kappa shape index (κ2) is 11.3. The zero-order valence-electron chi connectivity index (χ0n) is 23.0. The van der Waals surface area contributed by atoms with Crippen molar-refractivity contribution in [2.75, 3.05) is 25.1 Å². The van der Waals surface area contributed by atoms with E-state index in [1.165, 1.54) is 12.1 Å². The zero-order chi connectivity index (χ0) is 27.6. The number of halogens is 1. The van der Waals surface area contributed by atoms with E-state index in [-0.39, 0.29) is 30.3 Å². The second-order valence-corrected chi connectivity index (χ2v) is 11.2. The molecular formula is C29H37FN6O3. The van der Waals surface area contributed by atoms with Crippen LogP contribution < -0.4 is 16.0 Å². The van der Waals surface area contributed by atoms with Crippen LogP contribution in [0.5, 0.6) is 0 Å². The van der Waals surface area contributed by atoms with Crippen LogP contribution in [0, 0.1) is 5.82 Å². The lowest BCUT2D eigenvalue weighted by atomic mass is 10.0. The molecule has 208 valence electrons. The summed E-state index contributed by atoms with van der Waals surface area (Å²) in [7, 11) is 0. The van der Waals surface area contributed by atoms with E-state index in [1.54, 1.807) is 23.1 Å². The number of carbonyl (C=O) groups excluding carboxylic acids is 1. The van der Waals surface area contributed by atoms with Crippen molar-refractivity contribution in [3.63, 3.8) is 0 Å². The number of benzene rings is 1. The van der Waals surface area contributed by atoms with E-state index in [4.69, 9.17) is 9.47 Å². The number of ether oxygens (including phenoxy) is 2. The van der Waals surface area contributed by atoms with E-state index in [2.05, 4.69) is 39.0 Å². The molecule has 3 aromatic rings. The van der Waals surface area contributed by atoms with E-state index in [9.17, 15) is 9.18 Å². The third-order valence-electron chi connectivity index (χ3n) is 6.91. The van der Waals surface area contributed by atoms with Crippen LogP contribution in [-0.4, -0.2) is 64.2 Å². The van der Waals surface area contributed by atoms with Crippen LogP contribution in [0.2, 0.25) is 0 Å². The van der Waals surface area contributed by atoms with Gasteiger partial charge in [-0.25, -0.2) is 9.07 Å². The maximum Gasteiger partial charge on any atom is 0.308 e. The SMILES string of the molecule is CC(NC1CCOCC1)C1C=C(NCCC(=O)OC(C)(C)C)n2ncc(-c3cnc4ccc(F)cc4c3)c2N1. The minimum absolute atomic E-state index is 0.0503. The van der Waals surface area contributed by atoms with Crippen molar-refractivity contribution >= 4 is 28.5 Å². The van der Waals surface area contributed by atoms with Gasteiger partial charge in [0.25, 0.3) is 0 Å². The molecule has 2 aromatic heterocycles. The van der Waals surface area contributed by atoms with Gasteiger partial charge < -0.3 is 25.4 Å². The Morgan fingerprint density at radius 2 is 2.05 bits per heavy atom. The highest BCUT2D eigenvalue weighted by molar-refractivity contribution is 5.87. The van der Waals surface area contributed by atoms with Gasteiger partial charge in [0.2, 0.25) is 0 Å². The molecule has 0 spiro atoms. The van der Waals surface area contributed by atoms with E-state index in [1.807, 2.05) is 26.8 Å². The van der Waals surface area contributed by atoms with E-state index in [0.717, 1.165) is 59.7 Å². The zero-order valence-corrected chi connectivity index (χ0v) is 23.0. The largest absolute Gasteiger partial charge is 0.460 e. The van der Waals surface area contributed by atoms with Gasteiger partial charge in [-0.15, -0.1) is 0 Å². The van der Waals surface area contributed by atoms with Crippen LogP contribution >= 0.6 is 0 Å². The summed E-state index contributed by atoms with van der Waals surface area (Å²) in [6, 6.07) is 6.95. The standard InChI is InChI=1S/C29H37FN6O3/c1-18(34-22-8-11-38-12-9-22)25-15-26(31-10-7-27(37)39-29(2,3)4)36-28(35-25)23(17-33-36)20-13-19-14-21(30)5-6-24(19)32-16-20/h5-6,13-18,22,25,31,34-35H,7-12H2,1-4H3. The maximum absolute atomic E-state index is 13.9. The highest BCUT2D eigenvalue weighted by Gasteiger charge is 2.29. The maximum atomic E-state index is 13.9. The van der Waals surface area contributed by atoms with Crippen molar-refractivity contribution in [3.05, 3.63) is 48.6 Å². The highest BCUT2D eigenvalue weighted by Crippen LogP contribution is 2.34. The molecule has 2 aliphatic heterocycles. The monoisotopic (exact) mass is 536 g/mol. The Bertz CT molecular complexity index is 1360. The molecule has 2 unspecified atom stereocenters. The molecule has 0 radical (unpaired) electrons. The first kappa shape index (κ1) is 27.1. The first-order valence-electron chi connectivity index (χ1n) is 13.6. The van der Waals surface area contributed by atoms with Crippen LogP contribution in [0.3, 0.4) is 0 Å². The predicted molar refractivity (Wildman–Crippen MR) is 150 cm³/mol. The summed E-state index contributed by atoms with van der Waals surface area (Å²) in [6.07, 6.45) is 7.85. The first-order chi connectivity index (χ1) is 18.7. The molecule has 2 aliphatic rings. The molecule has 0 amide bonds. The fourth-order valence-electron chi connectivity index (χ4n) is 5.00. The van der Waals surface area contributed by atoms with Gasteiger partial charge in [0.05, 0.1) is 24.2 Å². The van der Waals surface area contributed by atoms with Gasteiger partial charge in [-0.05, 0) is 70.9 Å². The molecule has 1 fully saturated rings. The number of nitrogens with zero attached hydrogens (tertiary/aromatic N) is 3. The Morgan fingerprint density at radius 1 is 1.26 bits per heavy atom. The molecule has 3 N–H and O–H groups in total. The summed E-state index contributed by atoms with van der Waals surface area (Å²) in [5, 5.41) is 16.2. The lowest BCUT2D eigenvalue weighted by Gasteiger charge is -2.34. The third kappa shape index (κ3) is 6.57. The van der Waals surface area contributed by atoms with E-state index < -0.39 is 5.60 Å². The number of nitrogens with one attached hydrogen (secondary N) is 3. The Morgan fingerprint density at radius 3 is 2.82 bits per heavy atom. The van der Waals surface area contributed by atoms with Crippen LogP contribution in [0.15, 0.2) is 42.7 Å². The predicted octanol–water partition coefficient (Wildman–Crippen LogP) is 4.31. The number of esters is 1. The molecule has 0 bridgehead atoms. The van der Waals surface area contributed by atoms with E-state index >= 15 is 0 Å². The number of hydrogen-bond acceptors (Lipinski definition) is 8. The second-order valence-electron chi connectivity index (χ2n) is 11.2. The van der Waals surface area contributed by atoms with Crippen molar-refractivity contribution in [1.82, 2.24) is 25.4 Å².